The lowest BCUT2D eigenvalue weighted by molar-refractivity contribution is 0.0212. The van der Waals surface area contributed by atoms with Gasteiger partial charge in [0.25, 0.3) is 0 Å². The van der Waals surface area contributed by atoms with Crippen molar-refractivity contribution in [3.63, 3.8) is 0 Å². The van der Waals surface area contributed by atoms with Gasteiger partial charge in [-0.3, -0.25) is 0 Å². The maximum atomic E-state index is 12.8. The van der Waals surface area contributed by atoms with Gasteiger partial charge in [-0.25, -0.2) is 13.2 Å². The number of nitriles is 1. The number of hydrogen-bond donors (Lipinski definition) is 2. The third-order valence-electron chi connectivity index (χ3n) is 2.01. The van der Waals surface area contributed by atoms with Crippen molar-refractivity contribution >= 4 is 0 Å². The van der Waals surface area contributed by atoms with Gasteiger partial charge in [-0.1, -0.05) is 0 Å². The van der Waals surface area contributed by atoms with Crippen LogP contribution in [0.5, 0.6) is 0 Å². The SMILES string of the molecule is N#CCC(O)C(O)c1cc(F)c(F)c(F)c1. The van der Waals surface area contributed by atoms with Crippen LogP contribution >= 0.6 is 0 Å². The molecule has 0 amide bonds. The zero-order chi connectivity index (χ0) is 12.3. The van der Waals surface area contributed by atoms with Crippen molar-refractivity contribution < 1.29 is 23.4 Å². The number of halogens is 3. The molecule has 86 valence electrons. The van der Waals surface area contributed by atoms with Crippen molar-refractivity contribution in [2.24, 2.45) is 0 Å². The third-order valence-corrected chi connectivity index (χ3v) is 2.01. The van der Waals surface area contributed by atoms with E-state index in [9.17, 15) is 23.4 Å². The molecule has 0 saturated heterocycles. The number of rotatable bonds is 3. The molecule has 0 spiro atoms. The van der Waals surface area contributed by atoms with Crippen LogP contribution in [0.3, 0.4) is 0 Å². The maximum absolute atomic E-state index is 12.8. The van der Waals surface area contributed by atoms with Gasteiger partial charge in [-0.05, 0) is 17.7 Å². The van der Waals surface area contributed by atoms with Gasteiger partial charge in [0, 0.05) is 0 Å². The van der Waals surface area contributed by atoms with E-state index in [1.165, 1.54) is 0 Å². The molecule has 0 saturated carbocycles. The molecule has 0 aliphatic rings. The normalized spacial score (nSPS) is 14.2. The van der Waals surface area contributed by atoms with Crippen LogP contribution in [-0.4, -0.2) is 16.3 Å². The van der Waals surface area contributed by atoms with Crippen LogP contribution in [0, 0.1) is 28.8 Å². The van der Waals surface area contributed by atoms with Gasteiger partial charge in [0.05, 0.1) is 18.6 Å². The lowest BCUT2D eigenvalue weighted by Gasteiger charge is -2.15. The highest BCUT2D eigenvalue weighted by Gasteiger charge is 2.21. The quantitative estimate of drug-likeness (QED) is 0.773. The molecular weight excluding hydrogens is 223 g/mol. The standard InChI is InChI=1S/C10H8F3NO2/c11-6-3-5(4-7(12)9(6)13)10(16)8(15)1-2-14/h3-4,8,10,15-16H,1H2. The zero-order valence-electron chi connectivity index (χ0n) is 7.99. The molecule has 1 aromatic carbocycles. The third kappa shape index (κ3) is 2.51. The zero-order valence-corrected chi connectivity index (χ0v) is 7.99. The van der Waals surface area contributed by atoms with Gasteiger partial charge < -0.3 is 10.2 Å². The second kappa shape index (κ2) is 4.96. The van der Waals surface area contributed by atoms with Gasteiger partial charge in [0.1, 0.15) is 6.10 Å². The lowest BCUT2D eigenvalue weighted by atomic mass is 10.0. The Balaban J connectivity index is 3.01. The minimum Gasteiger partial charge on any atom is -0.389 e. The highest BCUT2D eigenvalue weighted by Crippen LogP contribution is 2.22. The lowest BCUT2D eigenvalue weighted by Crippen LogP contribution is -2.18. The monoisotopic (exact) mass is 231 g/mol. The van der Waals surface area contributed by atoms with Crippen LogP contribution in [0.25, 0.3) is 0 Å². The van der Waals surface area contributed by atoms with Crippen molar-refractivity contribution in [2.45, 2.75) is 18.6 Å². The summed E-state index contributed by atoms with van der Waals surface area (Å²) in [4.78, 5) is 0. The smallest absolute Gasteiger partial charge is 0.194 e. The predicted octanol–water partition coefficient (Wildman–Crippen LogP) is 1.41. The van der Waals surface area contributed by atoms with Crippen LogP contribution in [-0.2, 0) is 0 Å². The molecule has 16 heavy (non-hydrogen) atoms. The Labute approximate surface area is 89.4 Å². The molecule has 3 nitrogen and oxygen atoms in total. The fraction of sp³-hybridized carbons (Fsp3) is 0.300. The molecule has 0 radical (unpaired) electrons. The first kappa shape index (κ1) is 12.5. The van der Waals surface area contributed by atoms with E-state index < -0.39 is 36.1 Å². The van der Waals surface area contributed by atoms with E-state index in [0.717, 1.165) is 0 Å². The van der Waals surface area contributed by atoms with E-state index in [1.54, 1.807) is 6.07 Å². The summed E-state index contributed by atoms with van der Waals surface area (Å²) in [7, 11) is 0. The van der Waals surface area contributed by atoms with Crippen molar-refractivity contribution in [3.05, 3.63) is 35.1 Å². The topological polar surface area (TPSA) is 64.2 Å². The molecule has 0 aromatic heterocycles. The minimum atomic E-state index is -1.65. The fourth-order valence-electron chi connectivity index (χ4n) is 1.17. The second-order valence-electron chi connectivity index (χ2n) is 3.17. The Kier molecular flexibility index (Phi) is 3.88. The molecular formula is C10H8F3NO2. The van der Waals surface area contributed by atoms with E-state index in [2.05, 4.69) is 0 Å². The van der Waals surface area contributed by atoms with Gasteiger partial charge in [-0.2, -0.15) is 5.26 Å². The van der Waals surface area contributed by atoms with E-state index in [1.807, 2.05) is 0 Å². The molecule has 6 heteroatoms. The number of benzene rings is 1. The molecule has 1 aromatic rings. The van der Waals surface area contributed by atoms with Gasteiger partial charge >= 0.3 is 0 Å². The van der Waals surface area contributed by atoms with Crippen LogP contribution in [0.2, 0.25) is 0 Å². The van der Waals surface area contributed by atoms with Gasteiger partial charge in [0.2, 0.25) is 0 Å². The van der Waals surface area contributed by atoms with E-state index >= 15 is 0 Å². The van der Waals surface area contributed by atoms with Gasteiger partial charge in [-0.15, -0.1) is 0 Å². The Bertz CT molecular complexity index is 408. The Morgan fingerprint density at radius 1 is 1.19 bits per heavy atom. The van der Waals surface area contributed by atoms with E-state index in [-0.39, 0.29) is 5.56 Å². The summed E-state index contributed by atoms with van der Waals surface area (Å²) in [6, 6.07) is 2.73. The molecule has 2 N–H and O–H groups in total. The van der Waals surface area contributed by atoms with Gasteiger partial charge in [0.15, 0.2) is 17.5 Å². The summed E-state index contributed by atoms with van der Waals surface area (Å²) in [6.45, 7) is 0. The number of nitrogens with zero attached hydrogens (tertiary/aromatic N) is 1. The summed E-state index contributed by atoms with van der Waals surface area (Å²) < 4.78 is 38.1. The summed E-state index contributed by atoms with van der Waals surface area (Å²) in [6.07, 6.45) is -3.51. The van der Waals surface area contributed by atoms with E-state index in [4.69, 9.17) is 5.26 Å². The highest BCUT2D eigenvalue weighted by molar-refractivity contribution is 5.22. The van der Waals surface area contributed by atoms with Crippen LogP contribution < -0.4 is 0 Å². The van der Waals surface area contributed by atoms with Crippen molar-refractivity contribution in [2.75, 3.05) is 0 Å². The summed E-state index contributed by atoms with van der Waals surface area (Å²) in [5.41, 5.74) is -0.320. The Hall–Kier alpha value is -1.58. The summed E-state index contributed by atoms with van der Waals surface area (Å²) in [5.74, 6) is -4.57. The maximum Gasteiger partial charge on any atom is 0.194 e. The molecule has 0 aliphatic heterocycles. The fourth-order valence-corrected chi connectivity index (χ4v) is 1.17. The summed E-state index contributed by atoms with van der Waals surface area (Å²) in [5, 5.41) is 26.9. The molecule has 0 fully saturated rings. The number of aliphatic hydroxyl groups excluding tert-OH is 2. The minimum absolute atomic E-state index is 0.320. The average Bonchev–Trinajstić information content (AvgIpc) is 2.24. The van der Waals surface area contributed by atoms with Crippen LogP contribution in [0.15, 0.2) is 12.1 Å². The van der Waals surface area contributed by atoms with Crippen molar-refractivity contribution in [3.8, 4) is 6.07 Å². The molecule has 1 rings (SSSR count). The second-order valence-corrected chi connectivity index (χ2v) is 3.17. The summed E-state index contributed by atoms with van der Waals surface area (Å²) >= 11 is 0. The van der Waals surface area contributed by atoms with Crippen molar-refractivity contribution in [1.29, 1.82) is 5.26 Å². The first-order valence-corrected chi connectivity index (χ1v) is 4.35. The number of hydrogen-bond acceptors (Lipinski definition) is 3. The molecule has 0 bridgehead atoms. The van der Waals surface area contributed by atoms with Crippen LogP contribution in [0.4, 0.5) is 13.2 Å². The van der Waals surface area contributed by atoms with Crippen LogP contribution in [0.1, 0.15) is 18.1 Å². The molecule has 2 unspecified atom stereocenters. The van der Waals surface area contributed by atoms with Crippen molar-refractivity contribution in [1.82, 2.24) is 0 Å². The molecule has 2 atom stereocenters. The highest BCUT2D eigenvalue weighted by atomic mass is 19.2. The Morgan fingerprint density at radius 2 is 1.69 bits per heavy atom. The number of aliphatic hydroxyl groups is 2. The molecule has 0 aliphatic carbocycles. The largest absolute Gasteiger partial charge is 0.389 e. The first-order valence-electron chi connectivity index (χ1n) is 4.35. The average molecular weight is 231 g/mol. The first-order chi connectivity index (χ1) is 7.47. The predicted molar refractivity (Wildman–Crippen MR) is 47.5 cm³/mol. The Morgan fingerprint density at radius 3 is 2.12 bits per heavy atom. The van der Waals surface area contributed by atoms with E-state index in [0.29, 0.717) is 12.1 Å². The molecule has 0 heterocycles.